The van der Waals surface area contributed by atoms with Crippen LogP contribution >= 0.6 is 0 Å². The Kier molecular flexibility index (Phi) is 41.1. The molecule has 0 amide bonds. The van der Waals surface area contributed by atoms with Crippen molar-refractivity contribution in [2.45, 2.75) is 252 Å². The number of aliphatic hydroxyl groups excluding tert-OH is 1. The highest BCUT2D eigenvalue weighted by Gasteiger charge is 2.19. The van der Waals surface area contributed by atoms with Crippen LogP contribution in [0.2, 0.25) is 0 Å². The quantitative estimate of drug-likeness (QED) is 0.0494. The van der Waals surface area contributed by atoms with Gasteiger partial charge < -0.3 is 19.5 Å². The zero-order valence-corrected chi connectivity index (χ0v) is 36.3. The normalized spacial score (nSPS) is 12.2. The van der Waals surface area contributed by atoms with Gasteiger partial charge in [0.25, 0.3) is 0 Å². The van der Waals surface area contributed by atoms with Gasteiger partial charge in [-0.1, -0.05) is 181 Å². The summed E-state index contributed by atoms with van der Waals surface area (Å²) in [5.74, 6) is 0.147. The number of carbonyl (C=O) groups excluding carboxylic acids is 2. The van der Waals surface area contributed by atoms with E-state index < -0.39 is 0 Å². The number of hydrogen-bond donors (Lipinski definition) is 1. The molecule has 0 radical (unpaired) electrons. The Labute approximate surface area is 331 Å². The van der Waals surface area contributed by atoms with Crippen LogP contribution in [0, 0.1) is 5.92 Å². The maximum Gasteiger partial charge on any atom is 0.308 e. The van der Waals surface area contributed by atoms with Crippen LogP contribution in [0.25, 0.3) is 0 Å². The van der Waals surface area contributed by atoms with Gasteiger partial charge in [-0.15, -0.1) is 0 Å². The van der Waals surface area contributed by atoms with E-state index in [9.17, 15) is 14.7 Å². The number of ether oxygens (including phenoxy) is 2. The predicted molar refractivity (Wildman–Crippen MR) is 228 cm³/mol. The van der Waals surface area contributed by atoms with Crippen molar-refractivity contribution >= 4 is 11.9 Å². The van der Waals surface area contributed by atoms with Gasteiger partial charge in [-0.3, -0.25) is 9.59 Å². The van der Waals surface area contributed by atoms with Gasteiger partial charge in [0.2, 0.25) is 0 Å². The Hall–Kier alpha value is -1.14. The Morgan fingerprint density at radius 2 is 0.887 bits per heavy atom. The third-order valence-electron chi connectivity index (χ3n) is 11.1. The summed E-state index contributed by atoms with van der Waals surface area (Å²) in [5.41, 5.74) is 0. The zero-order valence-electron chi connectivity index (χ0n) is 36.3. The largest absolute Gasteiger partial charge is 0.465 e. The molecule has 0 spiro atoms. The second-order valence-corrected chi connectivity index (χ2v) is 16.4. The average Bonchev–Trinajstić information content (AvgIpc) is 3.15. The molecule has 1 unspecified atom stereocenters. The Bertz CT molecular complexity index is 745. The van der Waals surface area contributed by atoms with Gasteiger partial charge in [0.1, 0.15) is 0 Å². The van der Waals surface area contributed by atoms with E-state index in [0.717, 1.165) is 96.7 Å². The van der Waals surface area contributed by atoms with Gasteiger partial charge in [0.15, 0.2) is 0 Å². The van der Waals surface area contributed by atoms with Crippen molar-refractivity contribution in [2.75, 3.05) is 32.8 Å². The van der Waals surface area contributed by atoms with Gasteiger partial charge >= 0.3 is 11.9 Å². The van der Waals surface area contributed by atoms with E-state index in [1.807, 2.05) is 6.92 Å². The molecule has 0 aromatic rings. The highest BCUT2D eigenvalue weighted by molar-refractivity contribution is 5.72. The number of rotatable bonds is 43. The zero-order chi connectivity index (χ0) is 38.9. The van der Waals surface area contributed by atoms with Crippen LogP contribution in [0.4, 0.5) is 0 Å². The van der Waals surface area contributed by atoms with Crippen LogP contribution in [0.1, 0.15) is 246 Å². The lowest BCUT2D eigenvalue weighted by Crippen LogP contribution is -2.29. The fraction of sp³-hybridized carbons (Fsp3) is 0.957. The second kappa shape index (κ2) is 42.0. The SMILES string of the molecule is CCCCCCCCC(C)OC(=O)CCCCCCCN(CCO)CCCCCCCCCOC(=O)C(CCCCCCCC)CCCCCCCC. The molecule has 0 fully saturated rings. The van der Waals surface area contributed by atoms with Gasteiger partial charge in [0.05, 0.1) is 25.2 Å². The molecule has 0 aromatic heterocycles. The summed E-state index contributed by atoms with van der Waals surface area (Å²) in [6, 6.07) is 0. The van der Waals surface area contributed by atoms with Gasteiger partial charge in [-0.05, 0) is 71.4 Å². The molecule has 0 aliphatic rings. The maximum absolute atomic E-state index is 13.0. The van der Waals surface area contributed by atoms with Gasteiger partial charge in [-0.2, -0.15) is 0 Å². The van der Waals surface area contributed by atoms with Crippen molar-refractivity contribution in [1.29, 1.82) is 0 Å². The molecule has 1 N–H and O–H groups in total. The van der Waals surface area contributed by atoms with Crippen molar-refractivity contribution < 1.29 is 24.2 Å². The summed E-state index contributed by atoms with van der Waals surface area (Å²) in [5, 5.41) is 9.56. The summed E-state index contributed by atoms with van der Waals surface area (Å²) in [6.45, 7) is 12.5. The minimum atomic E-state index is -0.0283. The number of aliphatic hydroxyl groups is 1. The third-order valence-corrected chi connectivity index (χ3v) is 11.1. The molecule has 0 aliphatic carbocycles. The molecule has 6 heteroatoms. The smallest absolute Gasteiger partial charge is 0.308 e. The molecule has 0 aliphatic heterocycles. The molecule has 0 saturated carbocycles. The monoisotopic (exact) mass is 752 g/mol. The van der Waals surface area contributed by atoms with Crippen molar-refractivity contribution in [3.05, 3.63) is 0 Å². The molecule has 0 saturated heterocycles. The van der Waals surface area contributed by atoms with E-state index in [4.69, 9.17) is 9.47 Å². The fourth-order valence-electron chi connectivity index (χ4n) is 7.50. The number of nitrogens with zero attached hydrogens (tertiary/aromatic N) is 1. The van der Waals surface area contributed by atoms with Crippen molar-refractivity contribution in [2.24, 2.45) is 5.92 Å². The molecule has 316 valence electrons. The number of esters is 2. The lowest BCUT2D eigenvalue weighted by atomic mass is 9.94. The fourth-order valence-corrected chi connectivity index (χ4v) is 7.50. The molecule has 0 bridgehead atoms. The first-order valence-corrected chi connectivity index (χ1v) is 23.7. The molecule has 6 nitrogen and oxygen atoms in total. The summed E-state index contributed by atoms with van der Waals surface area (Å²) >= 11 is 0. The molecule has 0 rings (SSSR count). The number of unbranched alkanes of at least 4 members (excludes halogenated alkanes) is 25. The Balaban J connectivity index is 3.92. The summed E-state index contributed by atoms with van der Waals surface area (Å²) in [7, 11) is 0. The van der Waals surface area contributed by atoms with Gasteiger partial charge in [-0.25, -0.2) is 0 Å². The first kappa shape index (κ1) is 51.9. The molecule has 1 atom stereocenters. The molecule has 0 aromatic carbocycles. The van der Waals surface area contributed by atoms with Crippen LogP contribution in [0.5, 0.6) is 0 Å². The van der Waals surface area contributed by atoms with Crippen molar-refractivity contribution in [3.8, 4) is 0 Å². The Morgan fingerprint density at radius 3 is 1.36 bits per heavy atom. The van der Waals surface area contributed by atoms with E-state index in [1.165, 1.54) is 135 Å². The topological polar surface area (TPSA) is 76.1 Å². The first-order chi connectivity index (χ1) is 26.0. The summed E-state index contributed by atoms with van der Waals surface area (Å²) in [4.78, 5) is 27.6. The Morgan fingerprint density at radius 1 is 0.491 bits per heavy atom. The summed E-state index contributed by atoms with van der Waals surface area (Å²) in [6.07, 6.45) is 40.3. The standard InChI is InChI=1S/C47H93NO5/c1-5-8-11-14-21-28-35-44(4)53-46(50)38-31-24-20-26-33-40-48(41-42-49)39-32-25-18-17-19-27-34-43-52-47(51)45(36-29-22-15-12-9-6-2)37-30-23-16-13-10-7-3/h44-45,49H,5-43H2,1-4H3. The van der Waals surface area contributed by atoms with Crippen LogP contribution in [0.3, 0.4) is 0 Å². The van der Waals surface area contributed by atoms with Crippen LogP contribution in [0.15, 0.2) is 0 Å². The van der Waals surface area contributed by atoms with Crippen LogP contribution in [-0.2, 0) is 19.1 Å². The van der Waals surface area contributed by atoms with Gasteiger partial charge in [0, 0.05) is 13.0 Å². The number of carbonyl (C=O) groups is 2. The highest BCUT2D eigenvalue weighted by atomic mass is 16.5. The van der Waals surface area contributed by atoms with E-state index in [0.29, 0.717) is 13.0 Å². The van der Waals surface area contributed by atoms with Crippen LogP contribution in [-0.4, -0.2) is 60.9 Å². The summed E-state index contributed by atoms with van der Waals surface area (Å²) < 4.78 is 11.4. The predicted octanol–water partition coefficient (Wildman–Crippen LogP) is 13.7. The lowest BCUT2D eigenvalue weighted by Gasteiger charge is -2.21. The molecule has 53 heavy (non-hydrogen) atoms. The minimum absolute atomic E-state index is 0.0283. The lowest BCUT2D eigenvalue weighted by molar-refractivity contribution is -0.150. The average molecular weight is 752 g/mol. The molecular formula is C47H93NO5. The number of hydrogen-bond acceptors (Lipinski definition) is 6. The van der Waals surface area contributed by atoms with E-state index in [-0.39, 0.29) is 30.6 Å². The van der Waals surface area contributed by atoms with Crippen molar-refractivity contribution in [3.63, 3.8) is 0 Å². The highest BCUT2D eigenvalue weighted by Crippen LogP contribution is 2.21. The van der Waals surface area contributed by atoms with Crippen molar-refractivity contribution in [1.82, 2.24) is 4.90 Å². The maximum atomic E-state index is 13.0. The van der Waals surface area contributed by atoms with E-state index in [1.54, 1.807) is 0 Å². The third kappa shape index (κ3) is 37.6. The molecular weight excluding hydrogens is 659 g/mol. The van der Waals surface area contributed by atoms with E-state index >= 15 is 0 Å². The van der Waals surface area contributed by atoms with E-state index in [2.05, 4.69) is 25.7 Å². The molecule has 0 heterocycles. The minimum Gasteiger partial charge on any atom is -0.465 e. The van der Waals surface area contributed by atoms with Crippen LogP contribution < -0.4 is 0 Å². The second-order valence-electron chi connectivity index (χ2n) is 16.4. The first-order valence-electron chi connectivity index (χ1n) is 23.7.